The molecule has 0 fully saturated rings. The van der Waals surface area contributed by atoms with Gasteiger partial charge in [0.05, 0.1) is 11.3 Å². The van der Waals surface area contributed by atoms with Crippen molar-refractivity contribution in [3.8, 4) is 5.75 Å². The molecular formula is C23H18F6N4O2. The van der Waals surface area contributed by atoms with Gasteiger partial charge in [-0.2, -0.15) is 18.2 Å². The lowest BCUT2D eigenvalue weighted by atomic mass is 10.1. The summed E-state index contributed by atoms with van der Waals surface area (Å²) in [5, 5.41) is 5.19. The zero-order chi connectivity index (χ0) is 25.6. The Hall–Kier alpha value is -4.22. The maximum atomic E-state index is 12.7. The fourth-order valence-corrected chi connectivity index (χ4v) is 2.97. The Morgan fingerprint density at radius 2 is 1.46 bits per heavy atom. The molecule has 35 heavy (non-hydrogen) atoms. The molecular weight excluding hydrogens is 478 g/mol. The number of amides is 2. The van der Waals surface area contributed by atoms with E-state index in [1.807, 2.05) is 0 Å². The van der Waals surface area contributed by atoms with Crippen LogP contribution in [0.1, 0.15) is 16.7 Å². The SMILES string of the molecule is NC(=NC(=O)Nc1ccccc1OC(F)(F)F)c1ccccc1NCc1ccc(C(F)(F)F)cc1. The summed E-state index contributed by atoms with van der Waals surface area (Å²) in [7, 11) is 0. The summed E-state index contributed by atoms with van der Waals surface area (Å²) >= 11 is 0. The number of alkyl halides is 6. The first-order chi connectivity index (χ1) is 16.4. The van der Waals surface area contributed by atoms with Gasteiger partial charge in [0.25, 0.3) is 0 Å². The van der Waals surface area contributed by atoms with Crippen molar-refractivity contribution in [3.63, 3.8) is 0 Å². The Morgan fingerprint density at radius 3 is 2.09 bits per heavy atom. The van der Waals surface area contributed by atoms with E-state index in [4.69, 9.17) is 5.73 Å². The van der Waals surface area contributed by atoms with Crippen LogP contribution in [0, 0.1) is 0 Å². The third-order valence-electron chi connectivity index (χ3n) is 4.54. The second-order valence-electron chi connectivity index (χ2n) is 7.06. The Balaban J connectivity index is 1.72. The average Bonchev–Trinajstić information content (AvgIpc) is 2.78. The highest BCUT2D eigenvalue weighted by molar-refractivity contribution is 6.09. The van der Waals surface area contributed by atoms with Crippen LogP contribution in [0.4, 0.5) is 42.5 Å². The van der Waals surface area contributed by atoms with Crippen LogP contribution in [0.25, 0.3) is 0 Å². The largest absolute Gasteiger partial charge is 0.573 e. The van der Waals surface area contributed by atoms with Crippen molar-refractivity contribution in [1.82, 2.24) is 0 Å². The predicted molar refractivity (Wildman–Crippen MR) is 118 cm³/mol. The van der Waals surface area contributed by atoms with Gasteiger partial charge in [-0.1, -0.05) is 36.4 Å². The van der Waals surface area contributed by atoms with Crippen LogP contribution in [-0.2, 0) is 12.7 Å². The third-order valence-corrected chi connectivity index (χ3v) is 4.54. The minimum Gasteiger partial charge on any atom is -0.404 e. The molecule has 0 saturated carbocycles. The standard InChI is InChI=1S/C23H18F6N4O2/c24-22(25,26)15-11-9-14(10-12-15)13-31-17-6-2-1-5-16(17)20(30)33-21(34)32-18-7-3-4-8-19(18)35-23(27,28)29/h1-12,31H,13H2,(H3,30,32,33,34). The minimum atomic E-state index is -4.96. The van der Waals surface area contributed by atoms with E-state index in [1.54, 1.807) is 24.3 Å². The fraction of sp³-hybridized carbons (Fsp3) is 0.130. The van der Waals surface area contributed by atoms with E-state index in [2.05, 4.69) is 20.4 Å². The van der Waals surface area contributed by atoms with Gasteiger partial charge in [0.1, 0.15) is 5.84 Å². The molecule has 0 aliphatic rings. The number of ether oxygens (including phenoxy) is 1. The van der Waals surface area contributed by atoms with Gasteiger partial charge in [-0.3, -0.25) is 0 Å². The molecule has 4 N–H and O–H groups in total. The molecule has 0 atom stereocenters. The zero-order valence-corrected chi connectivity index (χ0v) is 17.7. The first-order valence-corrected chi connectivity index (χ1v) is 9.92. The number of nitrogens with one attached hydrogen (secondary N) is 2. The first-order valence-electron chi connectivity index (χ1n) is 9.92. The van der Waals surface area contributed by atoms with Crippen LogP contribution < -0.4 is 21.1 Å². The number of aliphatic imine (C=N–C) groups is 1. The number of hydrogen-bond acceptors (Lipinski definition) is 3. The lowest BCUT2D eigenvalue weighted by Gasteiger charge is -2.14. The molecule has 0 heterocycles. The van der Waals surface area contributed by atoms with Crippen molar-refractivity contribution in [2.24, 2.45) is 10.7 Å². The van der Waals surface area contributed by atoms with Crippen molar-refractivity contribution < 1.29 is 35.9 Å². The fourth-order valence-electron chi connectivity index (χ4n) is 2.97. The number of benzene rings is 3. The second-order valence-corrected chi connectivity index (χ2v) is 7.06. The van der Waals surface area contributed by atoms with Crippen LogP contribution in [0.2, 0.25) is 0 Å². The van der Waals surface area contributed by atoms with Crippen molar-refractivity contribution in [2.45, 2.75) is 19.1 Å². The molecule has 0 unspecified atom stereocenters. The molecule has 0 bridgehead atoms. The van der Waals surface area contributed by atoms with Crippen LogP contribution in [0.5, 0.6) is 5.75 Å². The molecule has 2 amide bonds. The minimum absolute atomic E-state index is 0.150. The number of carbonyl (C=O) groups excluding carboxylic acids is 1. The van der Waals surface area contributed by atoms with Gasteiger partial charge in [0, 0.05) is 17.8 Å². The van der Waals surface area contributed by atoms with Gasteiger partial charge in [0.2, 0.25) is 0 Å². The van der Waals surface area contributed by atoms with E-state index >= 15 is 0 Å². The van der Waals surface area contributed by atoms with Crippen LogP contribution in [0.15, 0.2) is 77.8 Å². The number of anilines is 2. The normalized spacial score (nSPS) is 12.2. The van der Waals surface area contributed by atoms with Crippen molar-refractivity contribution >= 4 is 23.2 Å². The summed E-state index contributed by atoms with van der Waals surface area (Å²) in [6.45, 7) is 0.150. The summed E-state index contributed by atoms with van der Waals surface area (Å²) < 4.78 is 79.7. The van der Waals surface area contributed by atoms with E-state index in [0.29, 0.717) is 16.8 Å². The molecule has 12 heteroatoms. The highest BCUT2D eigenvalue weighted by atomic mass is 19.4. The predicted octanol–water partition coefficient (Wildman–Crippen LogP) is 6.15. The number of halogens is 6. The smallest absolute Gasteiger partial charge is 0.404 e. The Kier molecular flexibility index (Phi) is 7.52. The van der Waals surface area contributed by atoms with Gasteiger partial charge in [-0.25, -0.2) is 4.79 Å². The molecule has 0 aliphatic heterocycles. The Morgan fingerprint density at radius 1 is 0.857 bits per heavy atom. The monoisotopic (exact) mass is 496 g/mol. The summed E-state index contributed by atoms with van der Waals surface area (Å²) in [6, 6.07) is 14.9. The van der Waals surface area contributed by atoms with Crippen LogP contribution in [-0.4, -0.2) is 18.2 Å². The molecule has 0 spiro atoms. The molecule has 3 aromatic rings. The van der Waals surface area contributed by atoms with Crippen LogP contribution in [0.3, 0.4) is 0 Å². The molecule has 184 valence electrons. The average molecular weight is 496 g/mol. The molecule has 3 rings (SSSR count). The number of rotatable bonds is 6. The van der Waals surface area contributed by atoms with E-state index in [1.165, 1.54) is 30.3 Å². The number of carbonyl (C=O) groups is 1. The second kappa shape index (κ2) is 10.4. The maximum Gasteiger partial charge on any atom is 0.573 e. The lowest BCUT2D eigenvalue weighted by molar-refractivity contribution is -0.274. The Labute approximate surface area is 195 Å². The molecule has 0 aromatic heterocycles. The molecule has 0 saturated heterocycles. The van der Waals surface area contributed by atoms with E-state index < -0.39 is 29.9 Å². The number of para-hydroxylation sites is 3. The van der Waals surface area contributed by atoms with E-state index in [9.17, 15) is 31.1 Å². The van der Waals surface area contributed by atoms with Crippen LogP contribution >= 0.6 is 0 Å². The number of nitrogens with two attached hydrogens (primary N) is 1. The quantitative estimate of drug-likeness (QED) is 0.217. The highest BCUT2D eigenvalue weighted by Crippen LogP contribution is 2.30. The summed E-state index contributed by atoms with van der Waals surface area (Å²) in [5.74, 6) is -0.868. The van der Waals surface area contributed by atoms with Gasteiger partial charge < -0.3 is 21.1 Å². The van der Waals surface area contributed by atoms with Crippen molar-refractivity contribution in [2.75, 3.05) is 10.6 Å². The van der Waals surface area contributed by atoms with Gasteiger partial charge >= 0.3 is 18.6 Å². The maximum absolute atomic E-state index is 12.7. The highest BCUT2D eigenvalue weighted by Gasteiger charge is 2.32. The van der Waals surface area contributed by atoms with E-state index in [0.717, 1.165) is 18.2 Å². The van der Waals surface area contributed by atoms with Gasteiger partial charge in [-0.15, -0.1) is 13.2 Å². The van der Waals surface area contributed by atoms with Gasteiger partial charge in [0.15, 0.2) is 5.75 Å². The number of amidine groups is 1. The summed E-state index contributed by atoms with van der Waals surface area (Å²) in [4.78, 5) is 16.0. The molecule has 0 aliphatic carbocycles. The Bertz CT molecular complexity index is 1210. The van der Waals surface area contributed by atoms with Crippen molar-refractivity contribution in [1.29, 1.82) is 0 Å². The zero-order valence-electron chi connectivity index (χ0n) is 17.7. The summed E-state index contributed by atoms with van der Waals surface area (Å²) in [5.41, 5.74) is 6.19. The van der Waals surface area contributed by atoms with E-state index in [-0.39, 0.29) is 18.1 Å². The third kappa shape index (κ3) is 7.39. The topological polar surface area (TPSA) is 88.7 Å². The first kappa shape index (κ1) is 25.4. The molecule has 0 radical (unpaired) electrons. The molecule has 3 aromatic carbocycles. The number of nitrogens with zero attached hydrogens (tertiary/aromatic N) is 1. The van der Waals surface area contributed by atoms with Crippen molar-refractivity contribution in [3.05, 3.63) is 89.5 Å². The lowest BCUT2D eigenvalue weighted by Crippen LogP contribution is -2.21. The molecule has 6 nitrogen and oxygen atoms in total. The van der Waals surface area contributed by atoms with Gasteiger partial charge in [-0.05, 0) is 42.0 Å². The summed E-state index contributed by atoms with van der Waals surface area (Å²) in [6.07, 6.45) is -9.40. The number of hydrogen-bond donors (Lipinski definition) is 3. The number of urea groups is 1.